The minimum absolute atomic E-state index is 0.195. The van der Waals surface area contributed by atoms with Crippen molar-refractivity contribution in [3.05, 3.63) is 83.6 Å². The van der Waals surface area contributed by atoms with Crippen molar-refractivity contribution in [2.24, 2.45) is 0 Å². The van der Waals surface area contributed by atoms with Gasteiger partial charge in [0.05, 0.1) is 12.7 Å². The van der Waals surface area contributed by atoms with Crippen LogP contribution >= 0.6 is 0 Å². The van der Waals surface area contributed by atoms with Crippen LogP contribution in [-0.2, 0) is 6.42 Å². The number of carbonyl (C=O) groups is 1. The molecule has 0 saturated heterocycles. The quantitative estimate of drug-likeness (QED) is 0.639. The number of anilines is 2. The molecule has 28 heavy (non-hydrogen) atoms. The molecule has 1 aromatic heterocycles. The maximum Gasteiger partial charge on any atom is 0.257 e. The summed E-state index contributed by atoms with van der Waals surface area (Å²) in [7, 11) is 1.62. The minimum Gasteiger partial charge on any atom is -0.497 e. The van der Waals surface area contributed by atoms with Gasteiger partial charge >= 0.3 is 0 Å². The van der Waals surface area contributed by atoms with Crippen molar-refractivity contribution < 1.29 is 18.3 Å². The lowest BCUT2D eigenvalue weighted by Crippen LogP contribution is -2.15. The molecule has 0 aliphatic heterocycles. The lowest BCUT2D eigenvalue weighted by Gasteiger charge is -2.09. The molecule has 0 aliphatic carbocycles. The van der Waals surface area contributed by atoms with Crippen LogP contribution in [0.1, 0.15) is 15.9 Å². The van der Waals surface area contributed by atoms with Crippen LogP contribution in [0.2, 0.25) is 0 Å². The molecule has 0 atom stereocenters. The van der Waals surface area contributed by atoms with E-state index in [4.69, 9.17) is 4.74 Å². The highest BCUT2D eigenvalue weighted by atomic mass is 19.1. The molecule has 0 fully saturated rings. The lowest BCUT2D eigenvalue weighted by atomic mass is 10.1. The Morgan fingerprint density at radius 2 is 1.82 bits per heavy atom. The van der Waals surface area contributed by atoms with Crippen LogP contribution in [0.4, 0.5) is 20.3 Å². The molecule has 7 heteroatoms. The summed E-state index contributed by atoms with van der Waals surface area (Å²) in [6.07, 6.45) is 2.12. The predicted molar refractivity (Wildman–Crippen MR) is 104 cm³/mol. The molecular weight excluding hydrogens is 364 g/mol. The summed E-state index contributed by atoms with van der Waals surface area (Å²) >= 11 is 0. The molecular formula is C21H19F2N3O2. The van der Waals surface area contributed by atoms with E-state index >= 15 is 0 Å². The van der Waals surface area contributed by atoms with Crippen LogP contribution in [0.25, 0.3) is 0 Å². The van der Waals surface area contributed by atoms with E-state index in [0.29, 0.717) is 12.4 Å². The molecule has 1 heterocycles. The van der Waals surface area contributed by atoms with Crippen molar-refractivity contribution in [1.29, 1.82) is 0 Å². The zero-order chi connectivity index (χ0) is 19.9. The number of hydrogen-bond donors (Lipinski definition) is 2. The number of ether oxygens (including phenoxy) is 1. The van der Waals surface area contributed by atoms with Gasteiger partial charge in [-0.15, -0.1) is 0 Å². The number of carbonyl (C=O) groups excluding carboxylic acids is 1. The molecule has 1 amide bonds. The Morgan fingerprint density at radius 3 is 2.50 bits per heavy atom. The standard InChI is InChI=1S/C21H19F2N3O2/c1-28-16-5-2-4-14(12-16)10-11-24-19-9-8-15(13-25-19)21(27)26-20-17(22)6-3-7-18(20)23/h2-9,12-13H,10-11H2,1H3,(H,24,25)(H,26,27). The third kappa shape index (κ3) is 4.82. The summed E-state index contributed by atoms with van der Waals surface area (Å²) in [4.78, 5) is 16.3. The van der Waals surface area contributed by atoms with E-state index in [1.165, 1.54) is 18.3 Å². The van der Waals surface area contributed by atoms with Gasteiger partial charge < -0.3 is 15.4 Å². The number of rotatable bonds is 7. The van der Waals surface area contributed by atoms with E-state index in [1.807, 2.05) is 24.3 Å². The van der Waals surface area contributed by atoms with Crippen molar-refractivity contribution in [3.63, 3.8) is 0 Å². The van der Waals surface area contributed by atoms with Crippen LogP contribution < -0.4 is 15.4 Å². The van der Waals surface area contributed by atoms with E-state index in [0.717, 1.165) is 29.9 Å². The van der Waals surface area contributed by atoms with Crippen LogP contribution in [0.15, 0.2) is 60.8 Å². The van der Waals surface area contributed by atoms with Crippen molar-refractivity contribution in [2.75, 3.05) is 24.3 Å². The van der Waals surface area contributed by atoms with Gasteiger partial charge in [0.1, 0.15) is 28.9 Å². The SMILES string of the molecule is COc1cccc(CCNc2ccc(C(=O)Nc3c(F)cccc3F)cn2)c1. The number of hydrogen-bond acceptors (Lipinski definition) is 4. The Labute approximate surface area is 161 Å². The Bertz CT molecular complexity index is 942. The van der Waals surface area contributed by atoms with Gasteiger partial charge in [-0.2, -0.15) is 0 Å². The van der Waals surface area contributed by atoms with Gasteiger partial charge in [0.2, 0.25) is 0 Å². The second-order valence-corrected chi connectivity index (χ2v) is 6.01. The Morgan fingerprint density at radius 1 is 1.07 bits per heavy atom. The van der Waals surface area contributed by atoms with E-state index in [2.05, 4.69) is 15.6 Å². The molecule has 3 rings (SSSR count). The van der Waals surface area contributed by atoms with Gasteiger partial charge in [-0.3, -0.25) is 4.79 Å². The number of nitrogens with zero attached hydrogens (tertiary/aromatic N) is 1. The summed E-state index contributed by atoms with van der Waals surface area (Å²) in [6, 6.07) is 14.3. The zero-order valence-corrected chi connectivity index (χ0v) is 15.2. The normalized spacial score (nSPS) is 10.4. The average Bonchev–Trinajstić information content (AvgIpc) is 2.71. The second kappa shape index (κ2) is 8.94. The summed E-state index contributed by atoms with van der Waals surface area (Å²) in [6.45, 7) is 0.645. The summed E-state index contributed by atoms with van der Waals surface area (Å²) < 4.78 is 32.5. The Balaban J connectivity index is 1.56. The fourth-order valence-corrected chi connectivity index (χ4v) is 2.60. The molecule has 5 nitrogen and oxygen atoms in total. The monoisotopic (exact) mass is 383 g/mol. The molecule has 2 N–H and O–H groups in total. The maximum atomic E-state index is 13.6. The molecule has 144 valence electrons. The minimum atomic E-state index is -0.836. The molecule has 3 aromatic rings. The summed E-state index contributed by atoms with van der Waals surface area (Å²) in [5, 5.41) is 5.39. The lowest BCUT2D eigenvalue weighted by molar-refractivity contribution is 0.102. The van der Waals surface area contributed by atoms with Crippen molar-refractivity contribution in [1.82, 2.24) is 4.98 Å². The van der Waals surface area contributed by atoms with Crippen LogP contribution in [-0.4, -0.2) is 24.5 Å². The fraction of sp³-hybridized carbons (Fsp3) is 0.143. The first kappa shape index (κ1) is 19.3. The van der Waals surface area contributed by atoms with Crippen LogP contribution in [0.3, 0.4) is 0 Å². The van der Waals surface area contributed by atoms with Gasteiger partial charge in [0, 0.05) is 12.7 Å². The van der Waals surface area contributed by atoms with Gasteiger partial charge in [-0.05, 0) is 48.4 Å². The second-order valence-electron chi connectivity index (χ2n) is 6.01. The largest absolute Gasteiger partial charge is 0.497 e. The van der Waals surface area contributed by atoms with Gasteiger partial charge in [0.15, 0.2) is 0 Å². The number of methoxy groups -OCH3 is 1. The highest BCUT2D eigenvalue weighted by molar-refractivity contribution is 6.04. The highest BCUT2D eigenvalue weighted by Gasteiger charge is 2.13. The van der Waals surface area contributed by atoms with E-state index in [9.17, 15) is 13.6 Å². The number of para-hydroxylation sites is 1. The first-order valence-electron chi connectivity index (χ1n) is 8.65. The van der Waals surface area contributed by atoms with Crippen molar-refractivity contribution in [2.45, 2.75) is 6.42 Å². The number of pyridine rings is 1. The van der Waals surface area contributed by atoms with Crippen LogP contribution in [0, 0.1) is 11.6 Å². The molecule has 0 spiro atoms. The average molecular weight is 383 g/mol. The number of amides is 1. The number of benzene rings is 2. The molecule has 2 aromatic carbocycles. The smallest absolute Gasteiger partial charge is 0.257 e. The van der Waals surface area contributed by atoms with Gasteiger partial charge in [0.25, 0.3) is 5.91 Å². The third-order valence-electron chi connectivity index (χ3n) is 4.08. The van der Waals surface area contributed by atoms with Crippen molar-refractivity contribution >= 4 is 17.4 Å². The van der Waals surface area contributed by atoms with Gasteiger partial charge in [-0.25, -0.2) is 13.8 Å². The fourth-order valence-electron chi connectivity index (χ4n) is 2.60. The third-order valence-corrected chi connectivity index (χ3v) is 4.08. The highest BCUT2D eigenvalue weighted by Crippen LogP contribution is 2.19. The Kier molecular flexibility index (Phi) is 6.16. The predicted octanol–water partition coefficient (Wildman–Crippen LogP) is 4.28. The molecule has 0 saturated carbocycles. The number of aromatic nitrogens is 1. The first-order chi connectivity index (χ1) is 13.6. The van der Waals surface area contributed by atoms with E-state index < -0.39 is 23.2 Å². The van der Waals surface area contributed by atoms with E-state index in [1.54, 1.807) is 13.2 Å². The zero-order valence-electron chi connectivity index (χ0n) is 15.2. The number of halogens is 2. The Hall–Kier alpha value is -3.48. The topological polar surface area (TPSA) is 63.2 Å². The number of nitrogens with one attached hydrogen (secondary N) is 2. The molecule has 0 aliphatic rings. The molecule has 0 bridgehead atoms. The van der Waals surface area contributed by atoms with Gasteiger partial charge in [-0.1, -0.05) is 18.2 Å². The van der Waals surface area contributed by atoms with E-state index in [-0.39, 0.29) is 5.56 Å². The summed E-state index contributed by atoms with van der Waals surface area (Å²) in [5.74, 6) is -0.914. The maximum absolute atomic E-state index is 13.6. The first-order valence-corrected chi connectivity index (χ1v) is 8.65. The summed E-state index contributed by atoms with van der Waals surface area (Å²) in [5.41, 5.74) is 0.837. The van der Waals surface area contributed by atoms with Crippen molar-refractivity contribution in [3.8, 4) is 5.75 Å². The van der Waals surface area contributed by atoms with Crippen LogP contribution in [0.5, 0.6) is 5.75 Å². The molecule has 0 radical (unpaired) electrons. The molecule has 0 unspecified atom stereocenters.